The fourth-order valence-corrected chi connectivity index (χ4v) is 2.27. The number of thiazole rings is 1. The van der Waals surface area contributed by atoms with E-state index in [-0.39, 0.29) is 5.70 Å². The average Bonchev–Trinajstić information content (AvgIpc) is 2.81. The Morgan fingerprint density at radius 3 is 3.00 bits per heavy atom. The van der Waals surface area contributed by atoms with Crippen molar-refractivity contribution in [3.63, 3.8) is 0 Å². The van der Waals surface area contributed by atoms with Gasteiger partial charge in [0.25, 0.3) is 5.70 Å². The number of pyridine rings is 1. The van der Waals surface area contributed by atoms with Crippen molar-refractivity contribution < 1.29 is 4.92 Å². The highest BCUT2D eigenvalue weighted by Crippen LogP contribution is 2.21. The van der Waals surface area contributed by atoms with Gasteiger partial charge in [0.2, 0.25) is 0 Å². The molecule has 0 aliphatic rings. The van der Waals surface area contributed by atoms with E-state index in [1.165, 1.54) is 12.2 Å². The van der Waals surface area contributed by atoms with Gasteiger partial charge in [-0.15, -0.1) is 11.3 Å². The van der Waals surface area contributed by atoms with Gasteiger partial charge >= 0.3 is 0 Å². The van der Waals surface area contributed by atoms with Crippen molar-refractivity contribution in [1.82, 2.24) is 9.97 Å². The minimum absolute atomic E-state index is 0.0677. The second-order valence-corrected chi connectivity index (χ2v) is 4.65. The summed E-state index contributed by atoms with van der Waals surface area (Å²) in [5, 5.41) is 11.4. The Balaban J connectivity index is 2.10. The van der Waals surface area contributed by atoms with Crippen LogP contribution in [0.3, 0.4) is 0 Å². The third-order valence-corrected chi connectivity index (χ3v) is 3.33. The molecule has 0 atom stereocenters. The molecule has 0 amide bonds. The van der Waals surface area contributed by atoms with Crippen molar-refractivity contribution >= 4 is 27.6 Å². The van der Waals surface area contributed by atoms with E-state index in [0.29, 0.717) is 0 Å². The van der Waals surface area contributed by atoms with Crippen molar-refractivity contribution in [1.29, 1.82) is 0 Å². The summed E-state index contributed by atoms with van der Waals surface area (Å²) in [5.74, 6) is 0. The lowest BCUT2D eigenvalue weighted by atomic mass is 10.3. The Hall–Kier alpha value is -2.34. The maximum atomic E-state index is 10.6. The van der Waals surface area contributed by atoms with E-state index in [0.717, 1.165) is 15.2 Å². The van der Waals surface area contributed by atoms with Crippen molar-refractivity contribution in [2.45, 2.75) is 6.92 Å². The molecule has 0 spiro atoms. The summed E-state index contributed by atoms with van der Waals surface area (Å²) in [4.78, 5) is 18.5. The molecule has 0 unspecified atom stereocenters. The van der Waals surface area contributed by atoms with E-state index in [1.807, 2.05) is 12.1 Å². The zero-order valence-corrected chi connectivity index (χ0v) is 11.0. The zero-order chi connectivity index (χ0) is 13.7. The Bertz CT molecular complexity index is 653. The van der Waals surface area contributed by atoms with Crippen molar-refractivity contribution in [3.8, 4) is 0 Å². The van der Waals surface area contributed by atoms with E-state index < -0.39 is 4.92 Å². The quantitative estimate of drug-likeness (QED) is 0.486. The van der Waals surface area contributed by atoms with Crippen molar-refractivity contribution in [2.75, 3.05) is 0 Å². The summed E-state index contributed by atoms with van der Waals surface area (Å²) in [6.07, 6.45) is 11.5. The van der Waals surface area contributed by atoms with Crippen LogP contribution < -0.4 is 0 Å². The van der Waals surface area contributed by atoms with Crippen LogP contribution in [0.4, 0.5) is 0 Å². The molecule has 19 heavy (non-hydrogen) atoms. The molecule has 0 aliphatic carbocycles. The van der Waals surface area contributed by atoms with Crippen molar-refractivity contribution in [3.05, 3.63) is 63.6 Å². The SMILES string of the molecule is C\C=C(/C=C\C=C\c1nc2cnccc2s1)[N+](=O)[O-]. The molecule has 96 valence electrons. The zero-order valence-electron chi connectivity index (χ0n) is 10.2. The van der Waals surface area contributed by atoms with Crippen LogP contribution in [0, 0.1) is 10.1 Å². The number of fused-ring (bicyclic) bond motifs is 1. The van der Waals surface area contributed by atoms with E-state index in [4.69, 9.17) is 0 Å². The first kappa shape index (κ1) is 13.1. The van der Waals surface area contributed by atoms with E-state index in [9.17, 15) is 10.1 Å². The maximum absolute atomic E-state index is 10.6. The van der Waals surface area contributed by atoms with Crippen LogP contribution in [0.2, 0.25) is 0 Å². The average molecular weight is 273 g/mol. The van der Waals surface area contributed by atoms with Gasteiger partial charge in [0.1, 0.15) is 10.5 Å². The lowest BCUT2D eigenvalue weighted by molar-refractivity contribution is -0.419. The second kappa shape index (κ2) is 6.01. The van der Waals surface area contributed by atoms with Gasteiger partial charge in [-0.1, -0.05) is 12.2 Å². The Morgan fingerprint density at radius 1 is 1.47 bits per heavy atom. The molecule has 0 aliphatic heterocycles. The molecule has 2 rings (SSSR count). The van der Waals surface area contributed by atoms with Crippen molar-refractivity contribution in [2.24, 2.45) is 0 Å². The molecule has 0 bridgehead atoms. The second-order valence-electron chi connectivity index (χ2n) is 3.58. The van der Waals surface area contributed by atoms with Gasteiger partial charge in [-0.05, 0) is 25.1 Å². The van der Waals surface area contributed by atoms with E-state index in [2.05, 4.69) is 9.97 Å². The highest BCUT2D eigenvalue weighted by Gasteiger charge is 2.01. The Labute approximate surface area is 113 Å². The monoisotopic (exact) mass is 273 g/mol. The van der Waals surface area contributed by atoms with Gasteiger partial charge in [0.05, 0.1) is 15.8 Å². The van der Waals surface area contributed by atoms with E-state index >= 15 is 0 Å². The molecule has 2 heterocycles. The molecule has 0 fully saturated rings. The minimum Gasteiger partial charge on any atom is -0.262 e. The summed E-state index contributed by atoms with van der Waals surface area (Å²) >= 11 is 1.55. The Kier molecular flexibility index (Phi) is 4.15. The van der Waals surface area contributed by atoms with Crippen LogP contribution in [0.1, 0.15) is 11.9 Å². The molecule has 5 nitrogen and oxygen atoms in total. The molecule has 0 saturated carbocycles. The van der Waals surface area contributed by atoms with Gasteiger partial charge in [0.15, 0.2) is 0 Å². The topological polar surface area (TPSA) is 68.9 Å². The number of hydrogen-bond donors (Lipinski definition) is 0. The third kappa shape index (κ3) is 3.32. The standard InChI is InChI=1S/C13H11N3O2S/c1-2-10(16(17)18)5-3-4-6-13-15-11-9-14-8-7-12(11)19-13/h2-9H,1H3/b5-3-,6-4+,10-2+. The first-order chi connectivity index (χ1) is 9.20. The van der Waals surface area contributed by atoms with Crippen LogP contribution in [0.5, 0.6) is 0 Å². The first-order valence-electron chi connectivity index (χ1n) is 5.56. The number of allylic oxidation sites excluding steroid dienone is 4. The normalized spacial score (nSPS) is 12.8. The highest BCUT2D eigenvalue weighted by atomic mass is 32.1. The van der Waals surface area contributed by atoms with Gasteiger partial charge < -0.3 is 0 Å². The predicted molar refractivity (Wildman–Crippen MR) is 76.3 cm³/mol. The van der Waals surface area contributed by atoms with Gasteiger partial charge in [0, 0.05) is 12.3 Å². The predicted octanol–water partition coefficient (Wildman–Crippen LogP) is 3.44. The van der Waals surface area contributed by atoms with Crippen LogP contribution in [0.25, 0.3) is 16.3 Å². The summed E-state index contributed by atoms with van der Waals surface area (Å²) < 4.78 is 1.07. The minimum atomic E-state index is -0.423. The molecular weight excluding hydrogens is 262 g/mol. The number of nitro groups is 1. The number of hydrogen-bond acceptors (Lipinski definition) is 5. The first-order valence-corrected chi connectivity index (χ1v) is 6.38. The number of rotatable bonds is 4. The molecule has 0 aromatic carbocycles. The molecule has 2 aromatic rings. The summed E-state index contributed by atoms with van der Waals surface area (Å²) in [6.45, 7) is 1.63. The van der Waals surface area contributed by atoms with Gasteiger partial charge in [-0.2, -0.15) is 0 Å². The highest BCUT2D eigenvalue weighted by molar-refractivity contribution is 7.19. The molecule has 0 saturated heterocycles. The van der Waals surface area contributed by atoms with Crippen LogP contribution >= 0.6 is 11.3 Å². The van der Waals surface area contributed by atoms with Gasteiger partial charge in [-0.3, -0.25) is 15.1 Å². The lowest BCUT2D eigenvalue weighted by Gasteiger charge is -1.86. The number of aromatic nitrogens is 2. The lowest BCUT2D eigenvalue weighted by Crippen LogP contribution is -1.93. The largest absolute Gasteiger partial charge is 0.265 e. The van der Waals surface area contributed by atoms with Gasteiger partial charge in [-0.25, -0.2) is 4.98 Å². The fourth-order valence-electron chi connectivity index (χ4n) is 1.42. The summed E-state index contributed by atoms with van der Waals surface area (Å²) in [6, 6.07) is 1.91. The van der Waals surface area contributed by atoms with E-state index in [1.54, 1.807) is 42.8 Å². The Morgan fingerprint density at radius 2 is 2.32 bits per heavy atom. The van der Waals surface area contributed by atoms with Crippen LogP contribution in [-0.2, 0) is 0 Å². The fraction of sp³-hybridized carbons (Fsp3) is 0.0769. The molecule has 6 heteroatoms. The number of nitrogens with zero attached hydrogens (tertiary/aromatic N) is 3. The molecular formula is C13H11N3O2S. The summed E-state index contributed by atoms with van der Waals surface area (Å²) in [5.41, 5.74) is 0.925. The smallest absolute Gasteiger partial charge is 0.262 e. The molecule has 0 N–H and O–H groups in total. The molecule has 0 radical (unpaired) electrons. The third-order valence-electron chi connectivity index (χ3n) is 2.33. The molecule has 2 aromatic heterocycles. The van der Waals surface area contributed by atoms with Crippen LogP contribution in [0.15, 0.2) is 48.5 Å². The summed E-state index contributed by atoms with van der Waals surface area (Å²) in [7, 11) is 0. The van der Waals surface area contributed by atoms with Crippen LogP contribution in [-0.4, -0.2) is 14.9 Å². The maximum Gasteiger partial charge on any atom is 0.265 e.